The van der Waals surface area contributed by atoms with Gasteiger partial charge in [0.05, 0.1) is 17.2 Å². The molecule has 1 aromatic heterocycles. The number of primary amides is 1. The van der Waals surface area contributed by atoms with Crippen molar-refractivity contribution in [2.45, 2.75) is 40.2 Å². The lowest BCUT2D eigenvalue weighted by Gasteiger charge is -2.31. The third-order valence-corrected chi connectivity index (χ3v) is 4.53. The Morgan fingerprint density at radius 3 is 2.74 bits per heavy atom. The first-order valence-electron chi connectivity index (χ1n) is 8.27. The predicted octanol–water partition coefficient (Wildman–Crippen LogP) is 0.447. The largest absolute Gasteiger partial charge is 0.369 e. The second-order valence-electron chi connectivity index (χ2n) is 6.16. The first-order chi connectivity index (χ1) is 10.9. The Balaban J connectivity index is 1.85. The fourth-order valence-electron chi connectivity index (χ4n) is 3.24. The molecule has 2 heterocycles. The number of nitrogens with zero attached hydrogens (tertiary/aromatic N) is 3. The van der Waals surface area contributed by atoms with Crippen LogP contribution in [0.4, 0.5) is 0 Å². The highest BCUT2D eigenvalue weighted by Crippen LogP contribution is 2.15. The van der Waals surface area contributed by atoms with Crippen molar-refractivity contribution in [1.82, 2.24) is 20.0 Å². The summed E-state index contributed by atoms with van der Waals surface area (Å²) < 4.78 is 1.84. The highest BCUT2D eigenvalue weighted by atomic mass is 16.2. The second-order valence-corrected chi connectivity index (χ2v) is 6.16. The summed E-state index contributed by atoms with van der Waals surface area (Å²) in [5, 5.41) is 7.33. The van der Waals surface area contributed by atoms with Gasteiger partial charge in [0.2, 0.25) is 5.91 Å². The molecule has 0 unspecified atom stereocenters. The summed E-state index contributed by atoms with van der Waals surface area (Å²) in [6.07, 6.45) is 1.84. The average Bonchev–Trinajstić information content (AvgIpc) is 2.81. The van der Waals surface area contributed by atoms with E-state index in [0.717, 1.165) is 43.9 Å². The van der Waals surface area contributed by atoms with E-state index >= 15 is 0 Å². The van der Waals surface area contributed by atoms with Crippen LogP contribution < -0.4 is 11.1 Å². The van der Waals surface area contributed by atoms with Crippen molar-refractivity contribution in [3.8, 4) is 0 Å². The molecule has 2 rings (SSSR count). The number of rotatable bonds is 6. The molecule has 7 heteroatoms. The zero-order valence-electron chi connectivity index (χ0n) is 14.3. The van der Waals surface area contributed by atoms with Gasteiger partial charge < -0.3 is 16.0 Å². The van der Waals surface area contributed by atoms with Crippen LogP contribution in [0.15, 0.2) is 0 Å². The minimum absolute atomic E-state index is 0.0632. The molecule has 7 nitrogen and oxygen atoms in total. The van der Waals surface area contributed by atoms with E-state index in [0.29, 0.717) is 18.7 Å². The van der Waals surface area contributed by atoms with Crippen LogP contribution in [-0.4, -0.2) is 52.7 Å². The zero-order chi connectivity index (χ0) is 17.0. The fourth-order valence-corrected chi connectivity index (χ4v) is 3.24. The number of hydrogen-bond donors (Lipinski definition) is 2. The number of aryl methyl sites for hydroxylation is 2. The maximum Gasteiger partial charge on any atom is 0.255 e. The Morgan fingerprint density at radius 2 is 2.13 bits per heavy atom. The summed E-state index contributed by atoms with van der Waals surface area (Å²) >= 11 is 0. The maximum absolute atomic E-state index is 12.4. The molecular formula is C16H27N5O2. The fraction of sp³-hybridized carbons (Fsp3) is 0.688. The average molecular weight is 321 g/mol. The van der Waals surface area contributed by atoms with Gasteiger partial charge in [-0.05, 0) is 40.2 Å². The van der Waals surface area contributed by atoms with E-state index < -0.39 is 0 Å². The van der Waals surface area contributed by atoms with Gasteiger partial charge in [0, 0.05) is 31.9 Å². The highest BCUT2D eigenvalue weighted by Gasteiger charge is 2.24. The molecule has 0 spiro atoms. The molecule has 0 aliphatic carbocycles. The molecule has 1 atom stereocenters. The van der Waals surface area contributed by atoms with Crippen molar-refractivity contribution in [2.24, 2.45) is 11.7 Å². The number of nitrogens with one attached hydrogen (secondary N) is 1. The summed E-state index contributed by atoms with van der Waals surface area (Å²) in [5.74, 6) is -0.369. The molecule has 23 heavy (non-hydrogen) atoms. The zero-order valence-corrected chi connectivity index (χ0v) is 14.3. The van der Waals surface area contributed by atoms with Gasteiger partial charge in [-0.2, -0.15) is 5.10 Å². The van der Waals surface area contributed by atoms with Crippen molar-refractivity contribution < 1.29 is 9.59 Å². The van der Waals surface area contributed by atoms with Gasteiger partial charge in [0.15, 0.2) is 0 Å². The van der Waals surface area contributed by atoms with Gasteiger partial charge in [0.25, 0.3) is 5.91 Å². The Kier molecular flexibility index (Phi) is 5.76. The normalized spacial score (nSPS) is 18.8. The van der Waals surface area contributed by atoms with E-state index in [1.165, 1.54) is 0 Å². The minimum atomic E-state index is -0.225. The van der Waals surface area contributed by atoms with Crippen LogP contribution in [0.1, 0.15) is 41.5 Å². The van der Waals surface area contributed by atoms with Crippen LogP contribution in [0.2, 0.25) is 0 Å². The van der Waals surface area contributed by atoms with Crippen molar-refractivity contribution in [1.29, 1.82) is 0 Å². The SMILES string of the molecule is CCn1nc(C)c(C(=O)NCCN2CCC[C@@H](C(N)=O)C2)c1C. The third-order valence-electron chi connectivity index (χ3n) is 4.53. The van der Waals surface area contributed by atoms with Crippen molar-refractivity contribution >= 4 is 11.8 Å². The number of hydrogen-bond acceptors (Lipinski definition) is 4. The molecule has 2 amide bonds. The van der Waals surface area contributed by atoms with Gasteiger partial charge in [-0.25, -0.2) is 0 Å². The number of carbonyl (C=O) groups is 2. The van der Waals surface area contributed by atoms with Crippen LogP contribution in [0.25, 0.3) is 0 Å². The maximum atomic E-state index is 12.4. The van der Waals surface area contributed by atoms with Crippen LogP contribution in [-0.2, 0) is 11.3 Å². The molecular weight excluding hydrogens is 294 g/mol. The Hall–Kier alpha value is -1.89. The van der Waals surface area contributed by atoms with Crippen LogP contribution in [0.5, 0.6) is 0 Å². The molecule has 3 N–H and O–H groups in total. The second kappa shape index (κ2) is 7.59. The van der Waals surface area contributed by atoms with Crippen molar-refractivity contribution in [3.63, 3.8) is 0 Å². The summed E-state index contributed by atoms with van der Waals surface area (Å²) in [4.78, 5) is 25.9. The summed E-state index contributed by atoms with van der Waals surface area (Å²) in [5.41, 5.74) is 7.71. The van der Waals surface area contributed by atoms with Gasteiger partial charge in [-0.1, -0.05) is 0 Å². The van der Waals surface area contributed by atoms with Crippen LogP contribution >= 0.6 is 0 Å². The van der Waals surface area contributed by atoms with E-state index in [1.54, 1.807) is 0 Å². The summed E-state index contributed by atoms with van der Waals surface area (Å²) in [7, 11) is 0. The smallest absolute Gasteiger partial charge is 0.255 e. The lowest BCUT2D eigenvalue weighted by molar-refractivity contribution is -0.123. The molecule has 0 saturated carbocycles. The molecule has 0 aromatic carbocycles. The quantitative estimate of drug-likeness (QED) is 0.795. The van der Waals surface area contributed by atoms with E-state index in [2.05, 4.69) is 15.3 Å². The van der Waals surface area contributed by atoms with Crippen LogP contribution in [0, 0.1) is 19.8 Å². The van der Waals surface area contributed by atoms with E-state index in [1.807, 2.05) is 25.5 Å². The standard InChI is InChI=1S/C16H27N5O2/c1-4-21-12(3)14(11(2)19-21)16(23)18-7-9-20-8-5-6-13(10-20)15(17)22/h13H,4-10H2,1-3H3,(H2,17,22)(H,18,23)/t13-/m1/s1. The topological polar surface area (TPSA) is 93.2 Å². The van der Waals surface area contributed by atoms with Gasteiger partial charge >= 0.3 is 0 Å². The van der Waals surface area contributed by atoms with E-state index in [9.17, 15) is 9.59 Å². The highest BCUT2D eigenvalue weighted by molar-refractivity contribution is 5.96. The predicted molar refractivity (Wildman–Crippen MR) is 88.1 cm³/mol. The summed E-state index contributed by atoms with van der Waals surface area (Å²) in [6, 6.07) is 0. The molecule has 1 aliphatic heterocycles. The monoisotopic (exact) mass is 321 g/mol. The van der Waals surface area contributed by atoms with Crippen molar-refractivity contribution in [2.75, 3.05) is 26.2 Å². The third kappa shape index (κ3) is 4.10. The number of piperidine rings is 1. The Bertz CT molecular complexity index is 581. The molecule has 0 bridgehead atoms. The minimum Gasteiger partial charge on any atom is -0.369 e. The molecule has 128 valence electrons. The van der Waals surface area contributed by atoms with Gasteiger partial charge in [-0.3, -0.25) is 14.3 Å². The summed E-state index contributed by atoms with van der Waals surface area (Å²) in [6.45, 7) is 9.46. The number of nitrogens with two attached hydrogens (primary N) is 1. The number of aromatic nitrogens is 2. The number of likely N-dealkylation sites (tertiary alicyclic amines) is 1. The molecule has 1 aliphatic rings. The van der Waals surface area contributed by atoms with Gasteiger partial charge in [-0.15, -0.1) is 0 Å². The first-order valence-corrected chi connectivity index (χ1v) is 8.27. The first kappa shape index (κ1) is 17.5. The lowest BCUT2D eigenvalue weighted by Crippen LogP contribution is -2.44. The van der Waals surface area contributed by atoms with Crippen LogP contribution in [0.3, 0.4) is 0 Å². The molecule has 1 fully saturated rings. The van der Waals surface area contributed by atoms with E-state index in [-0.39, 0.29) is 17.7 Å². The number of carbonyl (C=O) groups excluding carboxylic acids is 2. The van der Waals surface area contributed by atoms with E-state index in [4.69, 9.17) is 5.73 Å². The number of amides is 2. The molecule has 0 radical (unpaired) electrons. The molecule has 1 saturated heterocycles. The Morgan fingerprint density at radius 1 is 1.39 bits per heavy atom. The van der Waals surface area contributed by atoms with Crippen molar-refractivity contribution in [3.05, 3.63) is 17.0 Å². The lowest BCUT2D eigenvalue weighted by atomic mass is 9.97. The van der Waals surface area contributed by atoms with Gasteiger partial charge in [0.1, 0.15) is 0 Å². The Labute approximate surface area is 137 Å². The molecule has 1 aromatic rings.